The minimum atomic E-state index is 0.0972. The molecule has 1 saturated carbocycles. The molecule has 1 heterocycles. The fourth-order valence-electron chi connectivity index (χ4n) is 2.65. The van der Waals surface area contributed by atoms with E-state index in [9.17, 15) is 4.79 Å². The molecule has 2 N–H and O–H groups in total. The second kappa shape index (κ2) is 6.36. The Labute approximate surface area is 103 Å². The largest absolute Gasteiger partial charge is 0.377 e. The first kappa shape index (κ1) is 12.8. The van der Waals surface area contributed by atoms with Crippen molar-refractivity contribution < 1.29 is 9.53 Å². The van der Waals surface area contributed by atoms with Crippen molar-refractivity contribution in [2.75, 3.05) is 26.3 Å². The van der Waals surface area contributed by atoms with Crippen molar-refractivity contribution in [1.82, 2.24) is 4.90 Å². The van der Waals surface area contributed by atoms with Crippen LogP contribution in [0.4, 0.5) is 0 Å². The van der Waals surface area contributed by atoms with Crippen molar-refractivity contribution in [3.05, 3.63) is 0 Å². The summed E-state index contributed by atoms with van der Waals surface area (Å²) in [4.78, 5) is 14.0. The topological polar surface area (TPSA) is 55.6 Å². The van der Waals surface area contributed by atoms with E-state index in [1.807, 2.05) is 4.90 Å². The molecule has 1 unspecified atom stereocenters. The lowest BCUT2D eigenvalue weighted by Crippen LogP contribution is -2.52. The SMILES string of the molecule is NCC1COCCN1C(=O)CCCC1CCC1. The standard InChI is InChI=1S/C13H24N2O2/c14-9-12-10-17-8-7-15(12)13(16)6-2-5-11-3-1-4-11/h11-12H,1-10,14H2. The third-order valence-electron chi connectivity index (χ3n) is 4.05. The molecule has 2 aliphatic rings. The molecule has 17 heavy (non-hydrogen) atoms. The van der Waals surface area contributed by atoms with Crippen LogP contribution in [0.5, 0.6) is 0 Å². The number of rotatable bonds is 5. The van der Waals surface area contributed by atoms with Gasteiger partial charge in [-0.2, -0.15) is 0 Å². The van der Waals surface area contributed by atoms with Gasteiger partial charge in [-0.15, -0.1) is 0 Å². The Kier molecular flexibility index (Phi) is 4.80. The van der Waals surface area contributed by atoms with Crippen LogP contribution in [0.3, 0.4) is 0 Å². The third kappa shape index (κ3) is 3.42. The van der Waals surface area contributed by atoms with Crippen LogP contribution in [-0.2, 0) is 9.53 Å². The van der Waals surface area contributed by atoms with Gasteiger partial charge in [0.2, 0.25) is 5.91 Å². The number of ether oxygens (including phenoxy) is 1. The van der Waals surface area contributed by atoms with E-state index in [0.717, 1.165) is 12.3 Å². The minimum absolute atomic E-state index is 0.0972. The van der Waals surface area contributed by atoms with E-state index in [2.05, 4.69) is 0 Å². The number of nitrogens with zero attached hydrogens (tertiary/aromatic N) is 1. The molecule has 1 aliphatic carbocycles. The van der Waals surface area contributed by atoms with Crippen LogP contribution in [-0.4, -0.2) is 43.2 Å². The van der Waals surface area contributed by atoms with Crippen molar-refractivity contribution in [3.8, 4) is 0 Å². The molecule has 1 aliphatic heterocycles. The average molecular weight is 240 g/mol. The molecule has 4 heteroatoms. The van der Waals surface area contributed by atoms with E-state index < -0.39 is 0 Å². The molecular weight excluding hydrogens is 216 g/mol. The second-order valence-electron chi connectivity index (χ2n) is 5.24. The number of morpholine rings is 1. The van der Waals surface area contributed by atoms with Gasteiger partial charge >= 0.3 is 0 Å². The zero-order chi connectivity index (χ0) is 12.1. The maximum atomic E-state index is 12.1. The average Bonchev–Trinajstić information content (AvgIpc) is 2.32. The van der Waals surface area contributed by atoms with Crippen LogP contribution in [0.15, 0.2) is 0 Å². The van der Waals surface area contributed by atoms with Crippen molar-refractivity contribution in [2.24, 2.45) is 11.7 Å². The lowest BCUT2D eigenvalue weighted by atomic mass is 9.82. The van der Waals surface area contributed by atoms with Gasteiger partial charge in [-0.3, -0.25) is 4.79 Å². The highest BCUT2D eigenvalue weighted by molar-refractivity contribution is 5.76. The maximum absolute atomic E-state index is 12.1. The van der Waals surface area contributed by atoms with Crippen LogP contribution in [0, 0.1) is 5.92 Å². The van der Waals surface area contributed by atoms with Gasteiger partial charge in [0.05, 0.1) is 19.3 Å². The van der Waals surface area contributed by atoms with Crippen molar-refractivity contribution in [1.29, 1.82) is 0 Å². The van der Waals surface area contributed by atoms with Gasteiger partial charge in [-0.1, -0.05) is 19.3 Å². The zero-order valence-electron chi connectivity index (χ0n) is 10.6. The number of amides is 1. The number of nitrogens with two attached hydrogens (primary N) is 1. The van der Waals surface area contributed by atoms with Crippen LogP contribution in [0.2, 0.25) is 0 Å². The highest BCUT2D eigenvalue weighted by Crippen LogP contribution is 2.30. The molecule has 0 aromatic carbocycles. The van der Waals surface area contributed by atoms with Gasteiger partial charge < -0.3 is 15.4 Å². The first-order valence-electron chi connectivity index (χ1n) is 6.88. The van der Waals surface area contributed by atoms with E-state index in [-0.39, 0.29) is 11.9 Å². The first-order valence-corrected chi connectivity index (χ1v) is 6.88. The number of carbonyl (C=O) groups is 1. The molecule has 2 fully saturated rings. The third-order valence-corrected chi connectivity index (χ3v) is 4.05. The Hall–Kier alpha value is -0.610. The molecule has 98 valence electrons. The highest BCUT2D eigenvalue weighted by Gasteiger charge is 2.26. The molecule has 0 bridgehead atoms. The van der Waals surface area contributed by atoms with Crippen LogP contribution >= 0.6 is 0 Å². The normalized spacial score (nSPS) is 25.7. The maximum Gasteiger partial charge on any atom is 0.223 e. The van der Waals surface area contributed by atoms with Crippen molar-refractivity contribution in [3.63, 3.8) is 0 Å². The van der Waals surface area contributed by atoms with E-state index in [0.29, 0.717) is 32.7 Å². The smallest absolute Gasteiger partial charge is 0.223 e. The summed E-state index contributed by atoms with van der Waals surface area (Å²) in [5, 5.41) is 0. The van der Waals surface area contributed by atoms with Gasteiger partial charge in [-0.05, 0) is 18.8 Å². The Morgan fingerprint density at radius 2 is 2.24 bits per heavy atom. The highest BCUT2D eigenvalue weighted by atomic mass is 16.5. The molecule has 1 saturated heterocycles. The predicted molar refractivity (Wildman–Crippen MR) is 66.6 cm³/mol. The molecule has 2 rings (SSSR count). The summed E-state index contributed by atoms with van der Waals surface area (Å²) < 4.78 is 5.35. The Balaban J connectivity index is 1.69. The van der Waals surface area contributed by atoms with Gasteiger partial charge in [-0.25, -0.2) is 0 Å². The molecule has 0 aromatic heterocycles. The molecule has 1 amide bonds. The number of hydrogen-bond acceptors (Lipinski definition) is 3. The van der Waals surface area contributed by atoms with Crippen molar-refractivity contribution in [2.45, 2.75) is 44.6 Å². The van der Waals surface area contributed by atoms with Gasteiger partial charge in [0.15, 0.2) is 0 Å². The summed E-state index contributed by atoms with van der Waals surface area (Å²) in [5.41, 5.74) is 5.67. The number of carbonyl (C=O) groups excluding carboxylic acids is 1. The summed E-state index contributed by atoms with van der Waals surface area (Å²) in [5.74, 6) is 1.17. The Morgan fingerprint density at radius 3 is 2.88 bits per heavy atom. The van der Waals surface area contributed by atoms with E-state index in [4.69, 9.17) is 10.5 Å². The summed E-state index contributed by atoms with van der Waals surface area (Å²) >= 11 is 0. The van der Waals surface area contributed by atoms with Crippen LogP contribution in [0.1, 0.15) is 38.5 Å². The molecule has 0 radical (unpaired) electrons. The summed E-state index contributed by atoms with van der Waals surface area (Å²) in [6, 6.07) is 0.0972. The quantitative estimate of drug-likeness (QED) is 0.784. The lowest BCUT2D eigenvalue weighted by molar-refractivity contribution is -0.139. The summed E-state index contributed by atoms with van der Waals surface area (Å²) in [6.07, 6.45) is 7.08. The van der Waals surface area contributed by atoms with E-state index in [1.54, 1.807) is 0 Å². The van der Waals surface area contributed by atoms with Crippen LogP contribution < -0.4 is 5.73 Å². The molecular formula is C13H24N2O2. The van der Waals surface area contributed by atoms with E-state index in [1.165, 1.54) is 25.7 Å². The molecule has 0 aromatic rings. The second-order valence-corrected chi connectivity index (χ2v) is 5.24. The van der Waals surface area contributed by atoms with Crippen molar-refractivity contribution >= 4 is 5.91 Å². The van der Waals surface area contributed by atoms with Gasteiger partial charge in [0, 0.05) is 19.5 Å². The molecule has 4 nitrogen and oxygen atoms in total. The van der Waals surface area contributed by atoms with E-state index >= 15 is 0 Å². The van der Waals surface area contributed by atoms with Crippen LogP contribution in [0.25, 0.3) is 0 Å². The Bertz CT molecular complexity index is 254. The monoisotopic (exact) mass is 240 g/mol. The van der Waals surface area contributed by atoms with Gasteiger partial charge in [0.25, 0.3) is 0 Å². The predicted octanol–water partition coefficient (Wildman–Crippen LogP) is 1.14. The van der Waals surface area contributed by atoms with Gasteiger partial charge in [0.1, 0.15) is 0 Å². The zero-order valence-corrected chi connectivity index (χ0v) is 10.6. The Morgan fingerprint density at radius 1 is 1.41 bits per heavy atom. The summed E-state index contributed by atoms with van der Waals surface area (Å²) in [6.45, 7) is 2.48. The fraction of sp³-hybridized carbons (Fsp3) is 0.923. The minimum Gasteiger partial charge on any atom is -0.377 e. The molecule has 0 spiro atoms. The first-order chi connectivity index (χ1) is 8.31. The lowest BCUT2D eigenvalue weighted by Gasteiger charge is -2.35. The number of hydrogen-bond donors (Lipinski definition) is 1. The summed E-state index contributed by atoms with van der Waals surface area (Å²) in [7, 11) is 0. The fourth-order valence-corrected chi connectivity index (χ4v) is 2.65. The molecule has 1 atom stereocenters.